The molecule has 12 heavy (non-hydrogen) atoms. The van der Waals surface area contributed by atoms with Crippen molar-refractivity contribution in [2.75, 3.05) is 12.8 Å². The fourth-order valence-corrected chi connectivity index (χ4v) is 0.822. The van der Waals surface area contributed by atoms with Gasteiger partial charge in [0.1, 0.15) is 0 Å². The molecule has 0 heterocycles. The topological polar surface area (TPSA) is 89.3 Å². The Kier molecular flexibility index (Phi) is 3.10. The lowest BCUT2D eigenvalue weighted by Gasteiger charge is -2.11. The molecule has 72 valence electrons. The second kappa shape index (κ2) is 3.31. The van der Waals surface area contributed by atoms with E-state index in [2.05, 4.69) is 5.73 Å². The van der Waals surface area contributed by atoms with Gasteiger partial charge in [-0.25, -0.2) is 13.1 Å². The summed E-state index contributed by atoms with van der Waals surface area (Å²) < 4.78 is 46.3. The minimum atomic E-state index is -3.95. The van der Waals surface area contributed by atoms with Crippen LogP contribution in [0.25, 0.3) is 0 Å². The Balaban J connectivity index is 4.44. The maximum Gasteiger partial charge on any atom is 0.337 e. The summed E-state index contributed by atoms with van der Waals surface area (Å²) in [5.74, 6) is -5.75. The quantitative estimate of drug-likeness (QED) is 0.592. The minimum absolute atomic E-state index is 0.595. The number of halogens is 2. The normalized spacial score (nSPS) is 12.7. The lowest BCUT2D eigenvalue weighted by Crippen LogP contribution is -2.46. The number of hydrogen-bond donors (Lipinski definition) is 2. The van der Waals surface area contributed by atoms with Crippen LogP contribution in [-0.4, -0.2) is 33.0 Å². The van der Waals surface area contributed by atoms with Gasteiger partial charge in [0.25, 0.3) is 0 Å². The van der Waals surface area contributed by atoms with E-state index in [9.17, 15) is 22.0 Å². The zero-order valence-corrected chi connectivity index (χ0v) is 6.99. The van der Waals surface area contributed by atoms with Gasteiger partial charge in [-0.05, 0) is 0 Å². The molecule has 0 atom stereocenters. The van der Waals surface area contributed by atoms with Crippen molar-refractivity contribution >= 4 is 15.9 Å². The number of carbonyl (C=O) groups excluding carboxylic acids is 1. The van der Waals surface area contributed by atoms with Crippen LogP contribution in [0, 0.1) is 0 Å². The molecule has 0 fully saturated rings. The molecule has 3 N–H and O–H groups in total. The zero-order valence-electron chi connectivity index (χ0n) is 6.17. The highest BCUT2D eigenvalue weighted by Gasteiger charge is 2.38. The summed E-state index contributed by atoms with van der Waals surface area (Å²) in [4.78, 5) is 10.4. The number of nitrogens with two attached hydrogens (primary N) is 1. The van der Waals surface area contributed by atoms with Gasteiger partial charge in [0, 0.05) is 0 Å². The number of carbonyl (C=O) groups is 1. The van der Waals surface area contributed by atoms with Gasteiger partial charge in [0.2, 0.25) is 10.0 Å². The Morgan fingerprint density at radius 1 is 1.58 bits per heavy atom. The second-order valence-corrected chi connectivity index (χ2v) is 3.86. The van der Waals surface area contributed by atoms with Crippen molar-refractivity contribution in [3.63, 3.8) is 0 Å². The summed E-state index contributed by atoms with van der Waals surface area (Å²) in [6.07, 6.45) is 0.595. The van der Waals surface area contributed by atoms with Crippen molar-refractivity contribution in [2.24, 2.45) is 5.73 Å². The van der Waals surface area contributed by atoms with Crippen LogP contribution in [-0.2, 0) is 14.8 Å². The molecule has 0 radical (unpaired) electrons. The summed E-state index contributed by atoms with van der Waals surface area (Å²) in [5.41, 5.74) is 4.52. The smallest absolute Gasteiger partial charge is 0.325 e. The van der Waals surface area contributed by atoms with Gasteiger partial charge < -0.3 is 5.73 Å². The number of sulfonamides is 1. The summed E-state index contributed by atoms with van der Waals surface area (Å²) in [6.45, 7) is -1.23. The highest BCUT2D eigenvalue weighted by molar-refractivity contribution is 7.89. The Labute approximate surface area is 68.0 Å². The Bertz CT molecular complexity index is 274. The van der Waals surface area contributed by atoms with E-state index in [1.807, 2.05) is 0 Å². The van der Waals surface area contributed by atoms with Crippen molar-refractivity contribution in [1.82, 2.24) is 4.72 Å². The molecule has 0 aromatic carbocycles. The molecule has 0 saturated heterocycles. The molecule has 0 aliphatic carbocycles. The number of nitrogens with one attached hydrogen (secondary N) is 1. The summed E-state index contributed by atoms with van der Waals surface area (Å²) >= 11 is 0. The van der Waals surface area contributed by atoms with Crippen molar-refractivity contribution < 1.29 is 22.0 Å². The van der Waals surface area contributed by atoms with Gasteiger partial charge in [0.15, 0.2) is 0 Å². The maximum atomic E-state index is 12.3. The van der Waals surface area contributed by atoms with E-state index in [1.165, 1.54) is 0 Å². The standard InChI is InChI=1S/C4H8F2N2O3S/c1-12(10,11)8-3(9)4(5,6)2-7/h2,7H2,1H3,(H,8,9). The van der Waals surface area contributed by atoms with Gasteiger partial charge in [-0.1, -0.05) is 0 Å². The lowest BCUT2D eigenvalue weighted by molar-refractivity contribution is -0.141. The first kappa shape index (κ1) is 11.2. The third-order valence-electron chi connectivity index (χ3n) is 0.867. The van der Waals surface area contributed by atoms with E-state index in [0.29, 0.717) is 6.26 Å². The van der Waals surface area contributed by atoms with Crippen LogP contribution in [0.3, 0.4) is 0 Å². The zero-order chi connectivity index (χ0) is 9.99. The molecule has 0 saturated carbocycles. The first-order valence-electron chi connectivity index (χ1n) is 2.79. The Morgan fingerprint density at radius 3 is 2.25 bits per heavy atom. The number of amides is 1. The van der Waals surface area contributed by atoms with Gasteiger partial charge in [-0.15, -0.1) is 0 Å². The van der Waals surface area contributed by atoms with E-state index in [-0.39, 0.29) is 0 Å². The van der Waals surface area contributed by atoms with Crippen LogP contribution in [0.15, 0.2) is 0 Å². The van der Waals surface area contributed by atoms with Crippen LogP contribution in [0.5, 0.6) is 0 Å². The largest absolute Gasteiger partial charge is 0.337 e. The van der Waals surface area contributed by atoms with Crippen LogP contribution in [0.4, 0.5) is 8.78 Å². The van der Waals surface area contributed by atoms with Crippen molar-refractivity contribution in [3.05, 3.63) is 0 Å². The predicted molar refractivity (Wildman–Crippen MR) is 37.0 cm³/mol. The summed E-state index contributed by atoms with van der Waals surface area (Å²) in [6, 6.07) is 0. The first-order valence-corrected chi connectivity index (χ1v) is 4.68. The number of alkyl halides is 2. The van der Waals surface area contributed by atoms with Crippen LogP contribution in [0.1, 0.15) is 0 Å². The predicted octanol–water partition coefficient (Wildman–Crippen LogP) is -1.34. The van der Waals surface area contributed by atoms with Gasteiger partial charge in [-0.3, -0.25) is 4.79 Å². The molecule has 0 unspecified atom stereocenters. The lowest BCUT2D eigenvalue weighted by atomic mass is 10.3. The molecule has 1 amide bonds. The molecule has 0 aliphatic heterocycles. The highest BCUT2D eigenvalue weighted by Crippen LogP contribution is 2.10. The molecular weight excluding hydrogens is 194 g/mol. The molecule has 0 aromatic heterocycles. The number of hydrogen-bond acceptors (Lipinski definition) is 4. The van der Waals surface area contributed by atoms with Gasteiger partial charge >= 0.3 is 11.8 Å². The van der Waals surface area contributed by atoms with Crippen LogP contribution < -0.4 is 10.5 Å². The summed E-state index contributed by atoms with van der Waals surface area (Å²) in [7, 11) is -3.95. The molecule has 0 aromatic rings. The third kappa shape index (κ3) is 3.58. The average molecular weight is 202 g/mol. The second-order valence-electron chi connectivity index (χ2n) is 2.11. The fourth-order valence-electron chi connectivity index (χ4n) is 0.336. The van der Waals surface area contributed by atoms with Crippen molar-refractivity contribution in [2.45, 2.75) is 5.92 Å². The van der Waals surface area contributed by atoms with Crippen molar-refractivity contribution in [1.29, 1.82) is 0 Å². The maximum absolute atomic E-state index is 12.3. The number of rotatable bonds is 3. The van der Waals surface area contributed by atoms with E-state index < -0.39 is 28.4 Å². The third-order valence-corrected chi connectivity index (χ3v) is 1.42. The summed E-state index contributed by atoms with van der Waals surface area (Å²) in [5, 5.41) is 0. The first-order chi connectivity index (χ1) is 5.19. The molecule has 0 spiro atoms. The Morgan fingerprint density at radius 2 is 2.00 bits per heavy atom. The van der Waals surface area contributed by atoms with E-state index in [0.717, 1.165) is 4.72 Å². The highest BCUT2D eigenvalue weighted by atomic mass is 32.2. The molecule has 0 bridgehead atoms. The molecule has 5 nitrogen and oxygen atoms in total. The van der Waals surface area contributed by atoms with E-state index in [4.69, 9.17) is 0 Å². The van der Waals surface area contributed by atoms with Gasteiger partial charge in [-0.2, -0.15) is 8.78 Å². The molecule has 0 rings (SSSR count). The van der Waals surface area contributed by atoms with Gasteiger partial charge in [0.05, 0.1) is 12.8 Å². The molecular formula is C4H8F2N2O3S. The fraction of sp³-hybridized carbons (Fsp3) is 0.750. The van der Waals surface area contributed by atoms with E-state index in [1.54, 1.807) is 0 Å². The average Bonchev–Trinajstić information content (AvgIpc) is 1.84. The molecule has 8 heteroatoms. The monoisotopic (exact) mass is 202 g/mol. The molecule has 0 aliphatic rings. The van der Waals surface area contributed by atoms with Crippen LogP contribution in [0.2, 0.25) is 0 Å². The Hall–Kier alpha value is -0.760. The van der Waals surface area contributed by atoms with E-state index >= 15 is 0 Å². The SMILES string of the molecule is CS(=O)(=O)NC(=O)C(F)(F)CN. The minimum Gasteiger partial charge on any atom is -0.325 e. The van der Waals surface area contributed by atoms with Crippen LogP contribution >= 0.6 is 0 Å². The van der Waals surface area contributed by atoms with Crippen molar-refractivity contribution in [3.8, 4) is 0 Å².